The predicted octanol–water partition coefficient (Wildman–Crippen LogP) is 0.322. The van der Waals surface area contributed by atoms with Crippen molar-refractivity contribution in [3.8, 4) is 0 Å². The highest BCUT2D eigenvalue weighted by molar-refractivity contribution is 7.89. The third-order valence-electron chi connectivity index (χ3n) is 3.89. The van der Waals surface area contributed by atoms with Crippen LogP contribution in [-0.4, -0.2) is 45.4 Å². The zero-order chi connectivity index (χ0) is 15.8. The highest BCUT2D eigenvalue weighted by atomic mass is 32.2. The number of hydrogen-bond acceptors (Lipinski definition) is 4. The van der Waals surface area contributed by atoms with Gasteiger partial charge in [0.25, 0.3) is 0 Å². The molecule has 1 aliphatic rings. The van der Waals surface area contributed by atoms with E-state index in [1.54, 1.807) is 13.0 Å². The fraction of sp³-hybridized carbons (Fsp3) is 0.500. The Balaban J connectivity index is 2.28. The maximum Gasteiger partial charge on any atom is 0.249 e. The fourth-order valence-electron chi connectivity index (χ4n) is 2.66. The molecule has 6 nitrogen and oxygen atoms in total. The van der Waals surface area contributed by atoms with Gasteiger partial charge in [0.05, 0.1) is 4.90 Å². The second-order valence-electron chi connectivity index (χ2n) is 5.77. The average molecular weight is 311 g/mol. The quantitative estimate of drug-likeness (QED) is 0.837. The number of aryl methyl sites for hydroxylation is 1. The maximum atomic E-state index is 12.4. The SMILES string of the molecule is Cc1ccc(S(=O)(=O)N[C@@H]2CN(C)C[C@H]2C)cc1C(N)=O. The Morgan fingerprint density at radius 1 is 1.38 bits per heavy atom. The van der Waals surface area contributed by atoms with E-state index in [0.29, 0.717) is 12.1 Å². The van der Waals surface area contributed by atoms with Crippen molar-refractivity contribution in [1.82, 2.24) is 9.62 Å². The summed E-state index contributed by atoms with van der Waals surface area (Å²) in [5.74, 6) is -0.385. The van der Waals surface area contributed by atoms with Gasteiger partial charge in [0.2, 0.25) is 15.9 Å². The van der Waals surface area contributed by atoms with Gasteiger partial charge in [-0.1, -0.05) is 13.0 Å². The van der Waals surface area contributed by atoms with Gasteiger partial charge < -0.3 is 10.6 Å². The summed E-state index contributed by atoms with van der Waals surface area (Å²) in [6.45, 7) is 5.27. The van der Waals surface area contributed by atoms with Crippen molar-refractivity contribution >= 4 is 15.9 Å². The molecular formula is C14H21N3O3S. The lowest BCUT2D eigenvalue weighted by Gasteiger charge is -2.17. The van der Waals surface area contributed by atoms with Crippen LogP contribution in [-0.2, 0) is 10.0 Å². The second kappa shape index (κ2) is 5.75. The molecule has 0 aliphatic carbocycles. The van der Waals surface area contributed by atoms with E-state index in [1.807, 2.05) is 14.0 Å². The molecule has 1 aromatic rings. The number of nitrogens with zero attached hydrogens (tertiary/aromatic N) is 1. The van der Waals surface area contributed by atoms with Crippen molar-refractivity contribution < 1.29 is 13.2 Å². The van der Waals surface area contributed by atoms with Crippen LogP contribution in [0, 0.1) is 12.8 Å². The number of carbonyl (C=O) groups excluding carboxylic acids is 1. The Morgan fingerprint density at radius 2 is 2.05 bits per heavy atom. The van der Waals surface area contributed by atoms with Crippen molar-refractivity contribution in [2.45, 2.75) is 24.8 Å². The van der Waals surface area contributed by atoms with Gasteiger partial charge in [-0.15, -0.1) is 0 Å². The van der Waals surface area contributed by atoms with Crippen LogP contribution in [0.4, 0.5) is 0 Å². The van der Waals surface area contributed by atoms with Gasteiger partial charge in [0.1, 0.15) is 0 Å². The molecule has 1 saturated heterocycles. The summed E-state index contributed by atoms with van der Waals surface area (Å²) in [6.07, 6.45) is 0. The maximum absolute atomic E-state index is 12.4. The number of primary amides is 1. The first-order valence-corrected chi connectivity index (χ1v) is 8.30. The highest BCUT2D eigenvalue weighted by Crippen LogP contribution is 2.19. The summed E-state index contributed by atoms with van der Waals surface area (Å²) in [4.78, 5) is 13.5. The summed E-state index contributed by atoms with van der Waals surface area (Å²) in [5, 5.41) is 0. The number of nitrogens with two attached hydrogens (primary N) is 1. The van der Waals surface area contributed by atoms with Crippen LogP contribution >= 0.6 is 0 Å². The van der Waals surface area contributed by atoms with Crippen LogP contribution in [0.1, 0.15) is 22.8 Å². The van der Waals surface area contributed by atoms with E-state index < -0.39 is 15.9 Å². The smallest absolute Gasteiger partial charge is 0.249 e. The third kappa shape index (κ3) is 3.42. The van der Waals surface area contributed by atoms with Gasteiger partial charge in [-0.05, 0) is 37.6 Å². The first-order valence-electron chi connectivity index (χ1n) is 6.82. The summed E-state index contributed by atoms with van der Waals surface area (Å²) in [5.41, 5.74) is 6.16. The molecule has 1 aromatic carbocycles. The summed E-state index contributed by atoms with van der Waals surface area (Å²) in [7, 11) is -1.70. The number of hydrogen-bond donors (Lipinski definition) is 2. The van der Waals surface area contributed by atoms with Crippen molar-refractivity contribution in [2.75, 3.05) is 20.1 Å². The average Bonchev–Trinajstić information content (AvgIpc) is 2.66. The number of nitrogens with one attached hydrogen (secondary N) is 1. The van der Waals surface area contributed by atoms with Crippen LogP contribution in [0.5, 0.6) is 0 Å². The van der Waals surface area contributed by atoms with E-state index in [1.165, 1.54) is 12.1 Å². The Hall–Kier alpha value is -1.44. The van der Waals surface area contributed by atoms with Gasteiger partial charge >= 0.3 is 0 Å². The molecule has 0 unspecified atom stereocenters. The van der Waals surface area contributed by atoms with E-state index in [9.17, 15) is 13.2 Å². The minimum Gasteiger partial charge on any atom is -0.366 e. The molecule has 0 bridgehead atoms. The molecule has 7 heteroatoms. The molecule has 0 aromatic heterocycles. The van der Waals surface area contributed by atoms with Gasteiger partial charge in [0.15, 0.2) is 0 Å². The molecule has 1 heterocycles. The molecule has 1 aliphatic heterocycles. The number of sulfonamides is 1. The van der Waals surface area contributed by atoms with Crippen molar-refractivity contribution in [1.29, 1.82) is 0 Å². The topological polar surface area (TPSA) is 92.5 Å². The molecule has 0 radical (unpaired) electrons. The molecule has 3 N–H and O–H groups in total. The van der Waals surface area contributed by atoms with E-state index >= 15 is 0 Å². The normalized spacial score (nSPS) is 23.4. The molecule has 1 fully saturated rings. The van der Waals surface area contributed by atoms with Gasteiger partial charge in [-0.3, -0.25) is 4.79 Å². The minimum absolute atomic E-state index is 0.0728. The summed E-state index contributed by atoms with van der Waals surface area (Å²) in [6, 6.07) is 4.30. The van der Waals surface area contributed by atoms with Crippen LogP contribution in [0.15, 0.2) is 23.1 Å². The Bertz CT molecular complexity index is 657. The largest absolute Gasteiger partial charge is 0.366 e. The van der Waals surface area contributed by atoms with E-state index in [-0.39, 0.29) is 22.4 Å². The van der Waals surface area contributed by atoms with Crippen LogP contribution in [0.2, 0.25) is 0 Å². The lowest BCUT2D eigenvalue weighted by molar-refractivity contribution is 0.0999. The first-order chi connectivity index (χ1) is 9.70. The van der Waals surface area contributed by atoms with Gasteiger partial charge in [0, 0.05) is 24.7 Å². The molecule has 21 heavy (non-hydrogen) atoms. The number of amides is 1. The second-order valence-corrected chi connectivity index (χ2v) is 7.48. The van der Waals surface area contributed by atoms with Gasteiger partial charge in [-0.2, -0.15) is 0 Å². The fourth-order valence-corrected chi connectivity index (χ4v) is 4.03. The van der Waals surface area contributed by atoms with E-state index in [0.717, 1.165) is 6.54 Å². The number of carbonyl (C=O) groups is 1. The molecule has 0 saturated carbocycles. The third-order valence-corrected chi connectivity index (χ3v) is 5.37. The standard InChI is InChI=1S/C14H21N3O3S/c1-9-4-5-11(6-12(9)14(15)18)21(19,20)16-13-8-17(3)7-10(13)2/h4-6,10,13,16H,7-8H2,1-3H3,(H2,15,18)/t10-,13-/m1/s1. The van der Waals surface area contributed by atoms with Crippen molar-refractivity contribution in [3.63, 3.8) is 0 Å². The summed E-state index contributed by atoms with van der Waals surface area (Å²) < 4.78 is 27.6. The molecular weight excluding hydrogens is 290 g/mol. The zero-order valence-electron chi connectivity index (χ0n) is 12.5. The number of likely N-dealkylation sites (tertiary alicyclic amines) is 1. The number of likely N-dealkylation sites (N-methyl/N-ethyl adjacent to an activating group) is 1. The lowest BCUT2D eigenvalue weighted by atomic mass is 10.1. The molecule has 1 amide bonds. The van der Waals surface area contributed by atoms with Crippen molar-refractivity contribution in [2.24, 2.45) is 11.7 Å². The monoisotopic (exact) mass is 311 g/mol. The lowest BCUT2D eigenvalue weighted by Crippen LogP contribution is -2.39. The van der Waals surface area contributed by atoms with Crippen LogP contribution in [0.25, 0.3) is 0 Å². The predicted molar refractivity (Wildman–Crippen MR) is 80.5 cm³/mol. The number of rotatable bonds is 4. The van der Waals surface area contributed by atoms with E-state index in [4.69, 9.17) is 5.73 Å². The molecule has 2 rings (SSSR count). The van der Waals surface area contributed by atoms with E-state index in [2.05, 4.69) is 9.62 Å². The Morgan fingerprint density at radius 3 is 2.57 bits per heavy atom. The van der Waals surface area contributed by atoms with Crippen LogP contribution < -0.4 is 10.5 Å². The zero-order valence-corrected chi connectivity index (χ0v) is 13.3. The van der Waals surface area contributed by atoms with Crippen molar-refractivity contribution in [3.05, 3.63) is 29.3 Å². The Labute approximate surface area is 125 Å². The van der Waals surface area contributed by atoms with Crippen LogP contribution in [0.3, 0.4) is 0 Å². The number of benzene rings is 1. The summed E-state index contributed by atoms with van der Waals surface area (Å²) >= 11 is 0. The minimum atomic E-state index is -3.66. The molecule has 2 atom stereocenters. The molecule has 0 spiro atoms. The highest BCUT2D eigenvalue weighted by Gasteiger charge is 2.31. The molecule has 116 valence electrons. The first kappa shape index (κ1) is 15.9. The Kier molecular flexibility index (Phi) is 4.36. The van der Waals surface area contributed by atoms with Gasteiger partial charge in [-0.25, -0.2) is 13.1 Å².